The summed E-state index contributed by atoms with van der Waals surface area (Å²) in [6.45, 7) is 1.85. The largest absolute Gasteiger partial charge is 0.298 e. The first-order valence-corrected chi connectivity index (χ1v) is 6.95. The van der Waals surface area contributed by atoms with Gasteiger partial charge in [0.25, 0.3) is 5.91 Å². The SMILES string of the molecule is C/C=C(\NNC(=O)c1cccnc1)c1ccc(Cl)c(Cl)c1. The van der Waals surface area contributed by atoms with Gasteiger partial charge in [-0.15, -0.1) is 0 Å². The number of halogens is 2. The molecule has 2 N–H and O–H groups in total. The topological polar surface area (TPSA) is 54.0 Å². The van der Waals surface area contributed by atoms with Crippen molar-refractivity contribution in [3.63, 3.8) is 0 Å². The standard InChI is InChI=1S/C15H13Cl2N3O/c1-2-14(10-5-6-12(16)13(17)8-10)19-20-15(21)11-4-3-7-18-9-11/h2-9,19H,1H3,(H,20,21)/b14-2-. The third-order valence-corrected chi connectivity index (χ3v) is 3.49. The lowest BCUT2D eigenvalue weighted by molar-refractivity contribution is 0.0942. The fraction of sp³-hybridized carbons (Fsp3) is 0.0667. The number of hydrazine groups is 1. The van der Waals surface area contributed by atoms with Crippen molar-refractivity contribution in [2.24, 2.45) is 0 Å². The minimum atomic E-state index is -0.275. The van der Waals surface area contributed by atoms with Crippen LogP contribution in [0.3, 0.4) is 0 Å². The molecule has 4 nitrogen and oxygen atoms in total. The summed E-state index contributed by atoms with van der Waals surface area (Å²) in [5, 5.41) is 0.934. The minimum Gasteiger partial charge on any atom is -0.298 e. The molecule has 0 spiro atoms. The molecule has 0 saturated carbocycles. The van der Waals surface area contributed by atoms with Gasteiger partial charge in [-0.05, 0) is 31.2 Å². The van der Waals surface area contributed by atoms with Crippen LogP contribution in [-0.4, -0.2) is 10.9 Å². The van der Waals surface area contributed by atoms with Gasteiger partial charge in [-0.25, -0.2) is 0 Å². The third kappa shape index (κ3) is 3.97. The maximum Gasteiger partial charge on any atom is 0.271 e. The molecule has 0 atom stereocenters. The van der Waals surface area contributed by atoms with Crippen molar-refractivity contribution in [3.05, 3.63) is 70.0 Å². The zero-order valence-corrected chi connectivity index (χ0v) is 12.7. The number of hydrogen-bond donors (Lipinski definition) is 2. The number of carbonyl (C=O) groups excluding carboxylic acids is 1. The fourth-order valence-corrected chi connectivity index (χ4v) is 1.97. The smallest absolute Gasteiger partial charge is 0.271 e. The van der Waals surface area contributed by atoms with E-state index in [1.165, 1.54) is 6.20 Å². The van der Waals surface area contributed by atoms with Gasteiger partial charge in [0.15, 0.2) is 0 Å². The van der Waals surface area contributed by atoms with E-state index in [1.54, 1.807) is 30.5 Å². The molecule has 0 aliphatic heterocycles. The lowest BCUT2D eigenvalue weighted by atomic mass is 10.1. The molecule has 2 aromatic rings. The maximum absolute atomic E-state index is 11.9. The lowest BCUT2D eigenvalue weighted by Crippen LogP contribution is -2.36. The van der Waals surface area contributed by atoms with Crippen molar-refractivity contribution in [2.45, 2.75) is 6.92 Å². The number of hydrogen-bond acceptors (Lipinski definition) is 3. The molecular weight excluding hydrogens is 309 g/mol. The van der Waals surface area contributed by atoms with Crippen LogP contribution < -0.4 is 10.9 Å². The summed E-state index contributed by atoms with van der Waals surface area (Å²) in [5.41, 5.74) is 7.47. The van der Waals surface area contributed by atoms with Crippen LogP contribution in [-0.2, 0) is 0 Å². The van der Waals surface area contributed by atoms with Crippen molar-refractivity contribution >= 4 is 34.8 Å². The van der Waals surface area contributed by atoms with Gasteiger partial charge in [-0.1, -0.05) is 35.3 Å². The Bertz CT molecular complexity index is 672. The number of pyridine rings is 1. The van der Waals surface area contributed by atoms with Gasteiger partial charge in [0.1, 0.15) is 0 Å². The summed E-state index contributed by atoms with van der Waals surface area (Å²) in [6.07, 6.45) is 4.92. The Kier molecular flexibility index (Phi) is 5.20. The molecule has 1 aromatic carbocycles. The summed E-state index contributed by atoms with van der Waals surface area (Å²) in [7, 11) is 0. The van der Waals surface area contributed by atoms with Crippen molar-refractivity contribution in [2.75, 3.05) is 0 Å². The maximum atomic E-state index is 11.9. The Balaban J connectivity index is 2.07. The fourth-order valence-electron chi connectivity index (χ4n) is 1.67. The highest BCUT2D eigenvalue weighted by molar-refractivity contribution is 6.42. The summed E-state index contributed by atoms with van der Waals surface area (Å²) >= 11 is 11.9. The Labute approximate surface area is 132 Å². The number of aromatic nitrogens is 1. The molecule has 0 fully saturated rings. The highest BCUT2D eigenvalue weighted by atomic mass is 35.5. The Morgan fingerprint density at radius 2 is 1.95 bits per heavy atom. The van der Waals surface area contributed by atoms with Crippen LogP contribution in [0.1, 0.15) is 22.8 Å². The third-order valence-electron chi connectivity index (χ3n) is 2.75. The first-order chi connectivity index (χ1) is 10.1. The number of amides is 1. The normalized spacial score (nSPS) is 11.1. The monoisotopic (exact) mass is 321 g/mol. The first-order valence-electron chi connectivity index (χ1n) is 6.20. The number of allylic oxidation sites excluding steroid dienone is 1. The molecule has 0 unspecified atom stereocenters. The number of benzene rings is 1. The van der Waals surface area contributed by atoms with Crippen LogP contribution in [0.15, 0.2) is 48.8 Å². The van der Waals surface area contributed by atoms with Gasteiger partial charge in [0.2, 0.25) is 0 Å². The van der Waals surface area contributed by atoms with Crippen LogP contribution in [0.4, 0.5) is 0 Å². The predicted molar refractivity (Wildman–Crippen MR) is 85.0 cm³/mol. The Morgan fingerprint density at radius 1 is 1.14 bits per heavy atom. The van der Waals surface area contributed by atoms with E-state index in [0.29, 0.717) is 21.3 Å². The number of rotatable bonds is 4. The number of nitrogens with one attached hydrogen (secondary N) is 2. The minimum absolute atomic E-state index is 0.275. The summed E-state index contributed by atoms with van der Waals surface area (Å²) < 4.78 is 0. The highest BCUT2D eigenvalue weighted by Gasteiger charge is 2.07. The Hall–Kier alpha value is -2.04. The van der Waals surface area contributed by atoms with E-state index in [-0.39, 0.29) is 5.91 Å². The molecule has 0 saturated heterocycles. The van der Waals surface area contributed by atoms with Gasteiger partial charge >= 0.3 is 0 Å². The predicted octanol–water partition coefficient (Wildman–Crippen LogP) is 3.68. The second kappa shape index (κ2) is 7.11. The molecule has 1 aromatic heterocycles. The molecule has 108 valence electrons. The van der Waals surface area contributed by atoms with Crippen LogP contribution >= 0.6 is 23.2 Å². The van der Waals surface area contributed by atoms with E-state index in [4.69, 9.17) is 23.2 Å². The zero-order chi connectivity index (χ0) is 15.2. The van der Waals surface area contributed by atoms with Gasteiger partial charge in [-0.2, -0.15) is 0 Å². The van der Waals surface area contributed by atoms with Crippen LogP contribution in [0, 0.1) is 0 Å². The summed E-state index contributed by atoms with van der Waals surface area (Å²) in [5.74, 6) is -0.275. The van der Waals surface area contributed by atoms with Crippen LogP contribution in [0.2, 0.25) is 10.0 Å². The molecule has 0 bridgehead atoms. The summed E-state index contributed by atoms with van der Waals surface area (Å²) in [6, 6.07) is 8.62. The van der Waals surface area contributed by atoms with Gasteiger partial charge < -0.3 is 0 Å². The molecule has 6 heteroatoms. The van der Waals surface area contributed by atoms with Crippen molar-refractivity contribution in [1.82, 2.24) is 15.8 Å². The molecule has 1 heterocycles. The molecule has 21 heavy (non-hydrogen) atoms. The first kappa shape index (κ1) is 15.4. The quantitative estimate of drug-likeness (QED) is 0.844. The summed E-state index contributed by atoms with van der Waals surface area (Å²) in [4.78, 5) is 15.8. The molecule has 1 amide bonds. The van der Waals surface area contributed by atoms with Crippen LogP contribution in [0.5, 0.6) is 0 Å². The van der Waals surface area contributed by atoms with E-state index in [9.17, 15) is 4.79 Å². The number of nitrogens with zero attached hydrogens (tertiary/aromatic N) is 1. The van der Waals surface area contributed by atoms with Gasteiger partial charge in [-0.3, -0.25) is 20.6 Å². The Morgan fingerprint density at radius 3 is 2.57 bits per heavy atom. The van der Waals surface area contributed by atoms with E-state index in [1.807, 2.05) is 19.1 Å². The van der Waals surface area contributed by atoms with E-state index < -0.39 is 0 Å². The molecule has 2 rings (SSSR count). The van der Waals surface area contributed by atoms with Crippen LogP contribution in [0.25, 0.3) is 5.70 Å². The van der Waals surface area contributed by atoms with E-state index in [2.05, 4.69) is 15.8 Å². The molecule has 0 aliphatic rings. The molecule has 0 radical (unpaired) electrons. The van der Waals surface area contributed by atoms with E-state index in [0.717, 1.165) is 5.56 Å². The van der Waals surface area contributed by atoms with Gasteiger partial charge in [0.05, 0.1) is 21.3 Å². The zero-order valence-electron chi connectivity index (χ0n) is 11.2. The number of carbonyl (C=O) groups is 1. The average Bonchev–Trinajstić information content (AvgIpc) is 2.52. The lowest BCUT2D eigenvalue weighted by Gasteiger charge is -2.13. The van der Waals surface area contributed by atoms with E-state index >= 15 is 0 Å². The second-order valence-electron chi connectivity index (χ2n) is 4.15. The van der Waals surface area contributed by atoms with Crippen molar-refractivity contribution < 1.29 is 4.79 Å². The van der Waals surface area contributed by atoms with Crippen molar-refractivity contribution in [3.8, 4) is 0 Å². The average molecular weight is 322 g/mol. The molecular formula is C15H13Cl2N3O. The second-order valence-corrected chi connectivity index (χ2v) is 4.97. The van der Waals surface area contributed by atoms with Gasteiger partial charge in [0, 0.05) is 18.0 Å². The molecule has 0 aliphatic carbocycles. The highest BCUT2D eigenvalue weighted by Crippen LogP contribution is 2.25. The van der Waals surface area contributed by atoms with Crippen molar-refractivity contribution in [1.29, 1.82) is 0 Å².